The highest BCUT2D eigenvalue weighted by atomic mass is 32.2. The van der Waals surface area contributed by atoms with Gasteiger partial charge in [-0.2, -0.15) is 0 Å². The zero-order valence-electron chi connectivity index (χ0n) is 14.8. The summed E-state index contributed by atoms with van der Waals surface area (Å²) in [7, 11) is 0. The molecule has 1 unspecified atom stereocenters. The first-order valence-corrected chi connectivity index (χ1v) is 9.68. The number of nitrogens with zero attached hydrogens (tertiary/aromatic N) is 2. The zero-order chi connectivity index (χ0) is 19.3. The van der Waals surface area contributed by atoms with Gasteiger partial charge in [0, 0.05) is 11.1 Å². The summed E-state index contributed by atoms with van der Waals surface area (Å²) in [5.74, 6) is 1.08. The molecule has 4 aromatic rings. The second-order valence-electron chi connectivity index (χ2n) is 6.05. The van der Waals surface area contributed by atoms with Crippen LogP contribution in [-0.2, 0) is 0 Å². The smallest absolute Gasteiger partial charge is 0.197 e. The Labute approximate surface area is 165 Å². The number of aliphatic hydroxyl groups excluding tert-OH is 1. The van der Waals surface area contributed by atoms with Gasteiger partial charge in [-0.3, -0.25) is 0 Å². The number of hydrogen-bond donors (Lipinski definition) is 1. The SMILES string of the molecule is OC(COc1ccccc1F)CSc1nc(-c2ccco2)nc2ccccc12. The van der Waals surface area contributed by atoms with Crippen molar-refractivity contribution in [1.29, 1.82) is 0 Å². The van der Waals surface area contributed by atoms with Gasteiger partial charge >= 0.3 is 0 Å². The lowest BCUT2D eigenvalue weighted by Gasteiger charge is -2.13. The van der Waals surface area contributed by atoms with Crippen LogP contribution < -0.4 is 4.74 Å². The van der Waals surface area contributed by atoms with Crippen LogP contribution in [0.3, 0.4) is 0 Å². The van der Waals surface area contributed by atoms with E-state index in [9.17, 15) is 9.50 Å². The average Bonchev–Trinajstić information content (AvgIpc) is 3.26. The summed E-state index contributed by atoms with van der Waals surface area (Å²) in [6, 6.07) is 17.4. The van der Waals surface area contributed by atoms with Crippen molar-refractivity contribution in [1.82, 2.24) is 9.97 Å². The van der Waals surface area contributed by atoms with Crippen molar-refractivity contribution in [2.24, 2.45) is 0 Å². The molecule has 0 amide bonds. The summed E-state index contributed by atoms with van der Waals surface area (Å²) in [5.41, 5.74) is 0.795. The van der Waals surface area contributed by atoms with Gasteiger partial charge in [-0.05, 0) is 30.3 Å². The molecule has 0 bridgehead atoms. The summed E-state index contributed by atoms with van der Waals surface area (Å²) >= 11 is 1.39. The Morgan fingerprint density at radius 1 is 1.04 bits per heavy atom. The molecule has 1 atom stereocenters. The molecule has 0 saturated heterocycles. The van der Waals surface area contributed by atoms with E-state index in [1.54, 1.807) is 30.5 Å². The fraction of sp³-hybridized carbons (Fsp3) is 0.143. The second-order valence-corrected chi connectivity index (χ2v) is 7.06. The summed E-state index contributed by atoms with van der Waals surface area (Å²) in [6.45, 7) is -0.0119. The van der Waals surface area contributed by atoms with Crippen LogP contribution in [0.1, 0.15) is 0 Å². The van der Waals surface area contributed by atoms with Gasteiger partial charge in [0.05, 0.1) is 17.9 Å². The zero-order valence-corrected chi connectivity index (χ0v) is 15.6. The molecule has 7 heteroatoms. The van der Waals surface area contributed by atoms with Gasteiger partial charge in [0.2, 0.25) is 0 Å². The number of fused-ring (bicyclic) bond motifs is 1. The van der Waals surface area contributed by atoms with Crippen molar-refractivity contribution in [3.05, 3.63) is 72.7 Å². The van der Waals surface area contributed by atoms with Crippen LogP contribution in [0, 0.1) is 5.82 Å². The number of aliphatic hydroxyl groups is 1. The van der Waals surface area contributed by atoms with E-state index >= 15 is 0 Å². The standard InChI is InChI=1S/C21H17FN2O3S/c22-16-7-2-4-9-18(16)27-12-14(25)13-28-21-15-6-1-3-8-17(15)23-20(24-21)19-10-5-11-26-19/h1-11,14,25H,12-13H2. The largest absolute Gasteiger partial charge is 0.488 e. The Morgan fingerprint density at radius 2 is 1.86 bits per heavy atom. The number of halogens is 1. The quantitative estimate of drug-likeness (QED) is 0.365. The van der Waals surface area contributed by atoms with Crippen LogP contribution in [-0.4, -0.2) is 33.5 Å². The maximum absolute atomic E-state index is 13.6. The lowest BCUT2D eigenvalue weighted by molar-refractivity contribution is 0.123. The second kappa shape index (κ2) is 8.41. The minimum absolute atomic E-state index is 0.0119. The Bertz CT molecular complexity index is 1070. The van der Waals surface area contributed by atoms with Crippen LogP contribution in [0.5, 0.6) is 5.75 Å². The predicted molar refractivity (Wildman–Crippen MR) is 106 cm³/mol. The Hall–Kier alpha value is -2.90. The minimum Gasteiger partial charge on any atom is -0.488 e. The highest BCUT2D eigenvalue weighted by Gasteiger charge is 2.14. The van der Waals surface area contributed by atoms with Crippen molar-refractivity contribution in [3.8, 4) is 17.3 Å². The summed E-state index contributed by atoms with van der Waals surface area (Å²) in [6.07, 6.45) is 0.787. The number of hydrogen-bond acceptors (Lipinski definition) is 6. The highest BCUT2D eigenvalue weighted by molar-refractivity contribution is 7.99. The normalized spacial score (nSPS) is 12.2. The predicted octanol–water partition coefficient (Wildman–Crippen LogP) is 4.56. The minimum atomic E-state index is -0.787. The molecule has 2 heterocycles. The highest BCUT2D eigenvalue weighted by Crippen LogP contribution is 2.29. The van der Waals surface area contributed by atoms with Crippen LogP contribution in [0.2, 0.25) is 0 Å². The van der Waals surface area contributed by atoms with Crippen molar-refractivity contribution < 1.29 is 18.7 Å². The van der Waals surface area contributed by atoms with E-state index in [2.05, 4.69) is 9.97 Å². The molecule has 0 aliphatic carbocycles. The number of thioether (sulfide) groups is 1. The van der Waals surface area contributed by atoms with E-state index in [4.69, 9.17) is 9.15 Å². The van der Waals surface area contributed by atoms with Crippen LogP contribution >= 0.6 is 11.8 Å². The van der Waals surface area contributed by atoms with Gasteiger partial charge in [0.1, 0.15) is 11.6 Å². The van der Waals surface area contributed by atoms with Crippen LogP contribution in [0.4, 0.5) is 4.39 Å². The van der Waals surface area contributed by atoms with Crippen LogP contribution in [0.15, 0.2) is 76.4 Å². The summed E-state index contributed by atoms with van der Waals surface area (Å²) in [5, 5.41) is 11.9. The molecule has 2 aromatic carbocycles. The monoisotopic (exact) mass is 396 g/mol. The van der Waals surface area contributed by atoms with Gasteiger partial charge in [0.15, 0.2) is 23.2 Å². The van der Waals surface area contributed by atoms with Gasteiger partial charge in [-0.15, -0.1) is 11.8 Å². The third-order valence-corrected chi connectivity index (χ3v) is 5.13. The molecule has 0 aliphatic rings. The molecule has 0 spiro atoms. The maximum atomic E-state index is 13.6. The lowest BCUT2D eigenvalue weighted by atomic mass is 10.2. The molecule has 0 fully saturated rings. The summed E-state index contributed by atoms with van der Waals surface area (Å²) in [4.78, 5) is 9.14. The van der Waals surface area contributed by atoms with Crippen molar-refractivity contribution in [2.75, 3.05) is 12.4 Å². The number of aromatic nitrogens is 2. The van der Waals surface area contributed by atoms with Gasteiger partial charge in [-0.25, -0.2) is 14.4 Å². The molecular formula is C21H17FN2O3S. The molecule has 0 aliphatic heterocycles. The molecule has 0 saturated carbocycles. The Balaban J connectivity index is 1.48. The molecule has 28 heavy (non-hydrogen) atoms. The fourth-order valence-corrected chi connectivity index (χ4v) is 3.57. The third kappa shape index (κ3) is 4.16. The average molecular weight is 396 g/mol. The topological polar surface area (TPSA) is 68.4 Å². The van der Waals surface area contributed by atoms with E-state index in [0.717, 1.165) is 15.9 Å². The number of benzene rings is 2. The molecule has 2 aromatic heterocycles. The number of para-hydroxylation sites is 2. The Morgan fingerprint density at radius 3 is 2.68 bits per heavy atom. The molecule has 4 rings (SSSR count). The first-order chi connectivity index (χ1) is 13.7. The van der Waals surface area contributed by atoms with Crippen molar-refractivity contribution in [2.45, 2.75) is 11.1 Å². The first-order valence-electron chi connectivity index (χ1n) is 8.69. The van der Waals surface area contributed by atoms with Gasteiger partial charge in [0.25, 0.3) is 0 Å². The molecular weight excluding hydrogens is 379 g/mol. The van der Waals surface area contributed by atoms with Gasteiger partial charge in [-0.1, -0.05) is 30.3 Å². The lowest BCUT2D eigenvalue weighted by Crippen LogP contribution is -2.20. The number of rotatable bonds is 7. The van der Waals surface area contributed by atoms with E-state index in [-0.39, 0.29) is 12.4 Å². The number of furan rings is 1. The molecule has 142 valence electrons. The molecule has 5 nitrogen and oxygen atoms in total. The van der Waals surface area contributed by atoms with Gasteiger partial charge < -0.3 is 14.3 Å². The molecule has 0 radical (unpaired) electrons. The van der Waals surface area contributed by atoms with E-state index in [1.165, 1.54) is 23.9 Å². The third-order valence-electron chi connectivity index (χ3n) is 3.99. The van der Waals surface area contributed by atoms with E-state index in [0.29, 0.717) is 17.3 Å². The first kappa shape index (κ1) is 18.5. The summed E-state index contributed by atoms with van der Waals surface area (Å²) < 4.78 is 24.4. The van der Waals surface area contributed by atoms with E-state index in [1.807, 2.05) is 24.3 Å². The van der Waals surface area contributed by atoms with Crippen molar-refractivity contribution >= 4 is 22.7 Å². The van der Waals surface area contributed by atoms with E-state index < -0.39 is 11.9 Å². The Kier molecular flexibility index (Phi) is 5.55. The van der Waals surface area contributed by atoms with Crippen LogP contribution in [0.25, 0.3) is 22.5 Å². The fourth-order valence-electron chi connectivity index (χ4n) is 2.64. The van der Waals surface area contributed by atoms with Crippen molar-refractivity contribution in [3.63, 3.8) is 0 Å². The maximum Gasteiger partial charge on any atom is 0.197 e. The number of ether oxygens (including phenoxy) is 1. The molecule has 1 N–H and O–H groups in total.